The first-order valence-corrected chi connectivity index (χ1v) is 8.28. The lowest BCUT2D eigenvalue weighted by molar-refractivity contribution is 0.389. The minimum absolute atomic E-state index is 0.585. The molecule has 2 atom stereocenters. The van der Waals surface area contributed by atoms with E-state index in [1.54, 1.807) is 0 Å². The summed E-state index contributed by atoms with van der Waals surface area (Å²) >= 11 is 0. The molecule has 1 N–H and O–H groups in total. The summed E-state index contributed by atoms with van der Waals surface area (Å²) < 4.78 is 0. The summed E-state index contributed by atoms with van der Waals surface area (Å²) in [4.78, 5) is 2.52. The molecule has 0 bridgehead atoms. The second-order valence-electron chi connectivity index (χ2n) is 6.27. The van der Waals surface area contributed by atoms with Gasteiger partial charge in [-0.2, -0.15) is 0 Å². The van der Waals surface area contributed by atoms with Crippen LogP contribution in [0.1, 0.15) is 52.0 Å². The maximum atomic E-state index is 3.63. The van der Waals surface area contributed by atoms with Gasteiger partial charge in [0.15, 0.2) is 0 Å². The van der Waals surface area contributed by atoms with E-state index in [1.807, 2.05) is 0 Å². The minimum Gasteiger partial charge on any atom is -0.372 e. The molecule has 0 aliphatic carbocycles. The zero-order valence-corrected chi connectivity index (χ0v) is 13.4. The van der Waals surface area contributed by atoms with Gasteiger partial charge in [-0.1, -0.05) is 32.4 Å². The van der Waals surface area contributed by atoms with Crippen LogP contribution in [0.4, 0.5) is 5.69 Å². The van der Waals surface area contributed by atoms with Crippen LogP contribution in [0, 0.1) is 5.92 Å². The Balaban J connectivity index is 1.85. The van der Waals surface area contributed by atoms with Crippen molar-refractivity contribution >= 4 is 5.69 Å². The Hall–Kier alpha value is -1.02. The second-order valence-corrected chi connectivity index (χ2v) is 6.27. The highest BCUT2D eigenvalue weighted by Crippen LogP contribution is 2.20. The molecule has 1 aliphatic rings. The van der Waals surface area contributed by atoms with Crippen molar-refractivity contribution < 1.29 is 0 Å². The third-order valence-corrected chi connectivity index (χ3v) is 4.78. The molecule has 2 nitrogen and oxygen atoms in total. The van der Waals surface area contributed by atoms with Crippen LogP contribution >= 0.6 is 0 Å². The fraction of sp³-hybridized carbons (Fsp3) is 0.667. The largest absolute Gasteiger partial charge is 0.372 e. The van der Waals surface area contributed by atoms with Gasteiger partial charge in [-0.25, -0.2) is 0 Å². The Morgan fingerprint density at radius 1 is 1.05 bits per heavy atom. The number of benzene rings is 1. The predicted molar refractivity (Wildman–Crippen MR) is 88.3 cm³/mol. The van der Waals surface area contributed by atoms with Gasteiger partial charge in [0, 0.05) is 31.4 Å². The van der Waals surface area contributed by atoms with Crippen LogP contribution in [0.5, 0.6) is 0 Å². The van der Waals surface area contributed by atoms with Crippen LogP contribution < -0.4 is 10.2 Å². The van der Waals surface area contributed by atoms with Crippen LogP contribution in [-0.2, 0) is 6.54 Å². The summed E-state index contributed by atoms with van der Waals surface area (Å²) in [5.74, 6) is 0.739. The van der Waals surface area contributed by atoms with E-state index in [0.29, 0.717) is 6.04 Å². The number of hydrogen-bond acceptors (Lipinski definition) is 2. The third kappa shape index (κ3) is 4.24. The maximum Gasteiger partial charge on any atom is 0.0366 e. The average molecular weight is 274 g/mol. The summed E-state index contributed by atoms with van der Waals surface area (Å²) in [5.41, 5.74) is 2.78. The maximum absolute atomic E-state index is 3.63. The van der Waals surface area contributed by atoms with Crippen molar-refractivity contribution in [1.29, 1.82) is 0 Å². The summed E-state index contributed by atoms with van der Waals surface area (Å²) in [6.07, 6.45) is 5.32. The van der Waals surface area contributed by atoms with E-state index >= 15 is 0 Å². The van der Waals surface area contributed by atoms with E-state index in [4.69, 9.17) is 0 Å². The van der Waals surface area contributed by atoms with Gasteiger partial charge in [0.25, 0.3) is 0 Å². The fourth-order valence-electron chi connectivity index (χ4n) is 2.81. The van der Waals surface area contributed by atoms with Gasteiger partial charge in [0.2, 0.25) is 0 Å². The lowest BCUT2D eigenvalue weighted by Crippen LogP contribution is -2.31. The summed E-state index contributed by atoms with van der Waals surface area (Å²) in [7, 11) is 0. The molecule has 1 fully saturated rings. The highest BCUT2D eigenvalue weighted by atomic mass is 15.1. The van der Waals surface area contributed by atoms with Gasteiger partial charge in [-0.05, 0) is 49.8 Å². The zero-order chi connectivity index (χ0) is 14.4. The highest BCUT2D eigenvalue weighted by Gasteiger charge is 2.11. The van der Waals surface area contributed by atoms with E-state index in [2.05, 4.69) is 55.3 Å². The van der Waals surface area contributed by atoms with Crippen molar-refractivity contribution in [2.75, 3.05) is 18.0 Å². The van der Waals surface area contributed by atoms with Crippen LogP contribution in [0.2, 0.25) is 0 Å². The molecule has 112 valence electrons. The molecule has 0 saturated carbocycles. The minimum atomic E-state index is 0.585. The molecule has 2 unspecified atom stereocenters. The lowest BCUT2D eigenvalue weighted by Gasteiger charge is -2.29. The van der Waals surface area contributed by atoms with E-state index < -0.39 is 0 Å². The molecule has 1 aromatic carbocycles. The molecule has 0 spiro atoms. The summed E-state index contributed by atoms with van der Waals surface area (Å²) in [6, 6.07) is 9.72. The van der Waals surface area contributed by atoms with Crippen molar-refractivity contribution in [2.24, 2.45) is 5.92 Å². The fourth-order valence-corrected chi connectivity index (χ4v) is 2.81. The Morgan fingerprint density at radius 3 is 2.30 bits per heavy atom. The number of hydrogen-bond donors (Lipinski definition) is 1. The van der Waals surface area contributed by atoms with Crippen molar-refractivity contribution in [3.63, 3.8) is 0 Å². The molecule has 1 saturated heterocycles. The zero-order valence-electron chi connectivity index (χ0n) is 13.4. The molecule has 1 aliphatic heterocycles. The van der Waals surface area contributed by atoms with Gasteiger partial charge >= 0.3 is 0 Å². The number of nitrogens with zero attached hydrogens (tertiary/aromatic N) is 1. The number of nitrogens with one attached hydrogen (secondary N) is 1. The standard InChI is InChI=1S/C18H30N2/c1-4-15(2)16(3)19-14-17-8-10-18(11-9-17)20-12-6-5-7-13-20/h8-11,15-16,19H,4-7,12-14H2,1-3H3. The first kappa shape index (κ1) is 15.4. The first-order valence-electron chi connectivity index (χ1n) is 8.28. The van der Waals surface area contributed by atoms with Crippen LogP contribution in [0.25, 0.3) is 0 Å². The van der Waals surface area contributed by atoms with E-state index in [1.165, 1.54) is 50.0 Å². The van der Waals surface area contributed by atoms with E-state index in [0.717, 1.165) is 12.5 Å². The Labute approximate surface area is 124 Å². The molecular weight excluding hydrogens is 244 g/mol. The van der Waals surface area contributed by atoms with Crippen molar-refractivity contribution in [1.82, 2.24) is 5.32 Å². The first-order chi connectivity index (χ1) is 9.70. The van der Waals surface area contributed by atoms with Crippen LogP contribution in [0.3, 0.4) is 0 Å². The van der Waals surface area contributed by atoms with Gasteiger partial charge in [0.05, 0.1) is 0 Å². The van der Waals surface area contributed by atoms with Crippen molar-refractivity contribution in [2.45, 2.75) is 59.0 Å². The Kier molecular flexibility index (Phi) is 5.90. The normalized spacial score (nSPS) is 18.9. The average Bonchev–Trinajstić information content (AvgIpc) is 2.53. The number of piperidine rings is 1. The molecule has 0 radical (unpaired) electrons. The van der Waals surface area contributed by atoms with Crippen LogP contribution in [-0.4, -0.2) is 19.1 Å². The van der Waals surface area contributed by atoms with E-state index in [-0.39, 0.29) is 0 Å². The quantitative estimate of drug-likeness (QED) is 0.836. The monoisotopic (exact) mass is 274 g/mol. The van der Waals surface area contributed by atoms with Gasteiger partial charge in [0.1, 0.15) is 0 Å². The number of anilines is 1. The van der Waals surface area contributed by atoms with Gasteiger partial charge in [-0.15, -0.1) is 0 Å². The second kappa shape index (κ2) is 7.68. The van der Waals surface area contributed by atoms with Crippen molar-refractivity contribution in [3.05, 3.63) is 29.8 Å². The molecule has 0 amide bonds. The topological polar surface area (TPSA) is 15.3 Å². The number of rotatable bonds is 6. The summed E-state index contributed by atoms with van der Waals surface area (Å²) in [5, 5.41) is 3.63. The lowest BCUT2D eigenvalue weighted by atomic mass is 10.0. The van der Waals surface area contributed by atoms with Gasteiger partial charge in [-0.3, -0.25) is 0 Å². The molecular formula is C18H30N2. The molecule has 1 heterocycles. The predicted octanol–water partition coefficient (Wildman–Crippen LogP) is 4.20. The smallest absolute Gasteiger partial charge is 0.0366 e. The molecule has 1 aromatic rings. The third-order valence-electron chi connectivity index (χ3n) is 4.78. The highest BCUT2D eigenvalue weighted by molar-refractivity contribution is 5.47. The van der Waals surface area contributed by atoms with Crippen LogP contribution in [0.15, 0.2) is 24.3 Å². The molecule has 2 rings (SSSR count). The van der Waals surface area contributed by atoms with E-state index in [9.17, 15) is 0 Å². The SMILES string of the molecule is CCC(C)C(C)NCc1ccc(N2CCCCC2)cc1. The Bertz CT molecular complexity index is 379. The molecule has 2 heteroatoms. The summed E-state index contributed by atoms with van der Waals surface area (Å²) in [6.45, 7) is 10.3. The Morgan fingerprint density at radius 2 is 1.70 bits per heavy atom. The van der Waals surface area contributed by atoms with Crippen molar-refractivity contribution in [3.8, 4) is 0 Å². The molecule has 20 heavy (non-hydrogen) atoms. The molecule has 0 aromatic heterocycles. The van der Waals surface area contributed by atoms with Gasteiger partial charge < -0.3 is 10.2 Å².